The third-order valence-electron chi connectivity index (χ3n) is 3.74. The molecule has 138 valence electrons. The number of nitrogens with one attached hydrogen (secondary N) is 1. The molecule has 7 heteroatoms. The van der Waals surface area contributed by atoms with Crippen LogP contribution in [0.15, 0.2) is 42.7 Å². The number of hydrogen-bond donors (Lipinski definition) is 1. The minimum atomic E-state index is -0.187. The van der Waals surface area contributed by atoms with Crippen molar-refractivity contribution < 1.29 is 14.3 Å². The standard InChI is InChI=1S/C19H24N4O3/c1-22(2)19(25)16-11-15(5-6-17(16)26-4)21-18(24)13-23(3)12-14-7-9-20-10-8-14/h5-11H,12-13H2,1-4H3,(H,21,24). The molecule has 26 heavy (non-hydrogen) atoms. The number of amides is 2. The minimum absolute atomic E-state index is 0.157. The van der Waals surface area contributed by atoms with Gasteiger partial charge in [-0.05, 0) is 42.9 Å². The highest BCUT2D eigenvalue weighted by Gasteiger charge is 2.16. The van der Waals surface area contributed by atoms with E-state index in [9.17, 15) is 9.59 Å². The van der Waals surface area contributed by atoms with Gasteiger partial charge in [-0.25, -0.2) is 0 Å². The van der Waals surface area contributed by atoms with Crippen LogP contribution >= 0.6 is 0 Å². The fourth-order valence-corrected chi connectivity index (χ4v) is 2.50. The number of likely N-dealkylation sites (N-methyl/N-ethyl adjacent to an activating group) is 1. The van der Waals surface area contributed by atoms with Gasteiger partial charge in [-0.2, -0.15) is 0 Å². The van der Waals surface area contributed by atoms with E-state index in [2.05, 4.69) is 10.3 Å². The Hall–Kier alpha value is -2.93. The second-order valence-electron chi connectivity index (χ2n) is 6.19. The third-order valence-corrected chi connectivity index (χ3v) is 3.74. The zero-order valence-corrected chi connectivity index (χ0v) is 15.5. The van der Waals surface area contributed by atoms with Crippen LogP contribution in [0, 0.1) is 0 Å². The summed E-state index contributed by atoms with van der Waals surface area (Å²) in [6, 6.07) is 8.84. The Labute approximate surface area is 153 Å². The lowest BCUT2D eigenvalue weighted by atomic mass is 10.1. The largest absolute Gasteiger partial charge is 0.496 e. The molecule has 1 aromatic heterocycles. The fraction of sp³-hybridized carbons (Fsp3) is 0.316. The molecule has 0 aliphatic heterocycles. The fourth-order valence-electron chi connectivity index (χ4n) is 2.50. The van der Waals surface area contributed by atoms with Crippen molar-refractivity contribution in [2.24, 2.45) is 0 Å². The molecule has 0 aliphatic rings. The van der Waals surface area contributed by atoms with E-state index in [-0.39, 0.29) is 18.4 Å². The van der Waals surface area contributed by atoms with Crippen molar-refractivity contribution in [3.05, 3.63) is 53.9 Å². The van der Waals surface area contributed by atoms with E-state index in [0.29, 0.717) is 23.5 Å². The molecular formula is C19H24N4O3. The third kappa shape index (κ3) is 5.29. The summed E-state index contributed by atoms with van der Waals surface area (Å²) < 4.78 is 5.23. The summed E-state index contributed by atoms with van der Waals surface area (Å²) in [7, 11) is 6.71. The van der Waals surface area contributed by atoms with Crippen molar-refractivity contribution >= 4 is 17.5 Å². The van der Waals surface area contributed by atoms with Crippen molar-refractivity contribution in [3.63, 3.8) is 0 Å². The molecule has 7 nitrogen and oxygen atoms in total. The van der Waals surface area contributed by atoms with Gasteiger partial charge in [0.2, 0.25) is 5.91 Å². The average Bonchev–Trinajstić information content (AvgIpc) is 2.61. The molecule has 1 N–H and O–H groups in total. The zero-order chi connectivity index (χ0) is 19.1. The van der Waals surface area contributed by atoms with E-state index in [1.54, 1.807) is 44.7 Å². The summed E-state index contributed by atoms with van der Waals surface area (Å²) in [6.07, 6.45) is 3.45. The van der Waals surface area contributed by atoms with Crippen molar-refractivity contribution in [3.8, 4) is 5.75 Å². The van der Waals surface area contributed by atoms with Gasteiger partial charge in [0.05, 0.1) is 19.2 Å². The maximum absolute atomic E-state index is 12.3. The van der Waals surface area contributed by atoms with Gasteiger partial charge in [0.1, 0.15) is 5.75 Å². The summed E-state index contributed by atoms with van der Waals surface area (Å²) >= 11 is 0. The molecule has 2 rings (SSSR count). The average molecular weight is 356 g/mol. The number of anilines is 1. The van der Waals surface area contributed by atoms with Crippen LogP contribution in [0.5, 0.6) is 5.75 Å². The van der Waals surface area contributed by atoms with E-state index in [4.69, 9.17) is 4.74 Å². The Morgan fingerprint density at radius 1 is 1.12 bits per heavy atom. The van der Waals surface area contributed by atoms with Gasteiger partial charge in [0, 0.05) is 38.7 Å². The highest BCUT2D eigenvalue weighted by Crippen LogP contribution is 2.23. The number of benzene rings is 1. The van der Waals surface area contributed by atoms with E-state index in [0.717, 1.165) is 5.56 Å². The monoisotopic (exact) mass is 356 g/mol. The Kier molecular flexibility index (Phi) is 6.68. The molecule has 0 aliphatic carbocycles. The molecule has 0 saturated carbocycles. The van der Waals surface area contributed by atoms with Crippen molar-refractivity contribution in [1.29, 1.82) is 0 Å². The molecular weight excluding hydrogens is 332 g/mol. The van der Waals surface area contributed by atoms with Crippen LogP contribution in [0.3, 0.4) is 0 Å². The number of nitrogens with zero attached hydrogens (tertiary/aromatic N) is 3. The number of carbonyl (C=O) groups excluding carboxylic acids is 2. The van der Waals surface area contributed by atoms with Gasteiger partial charge in [-0.1, -0.05) is 0 Å². The molecule has 0 fully saturated rings. The smallest absolute Gasteiger partial charge is 0.257 e. The lowest BCUT2D eigenvalue weighted by Gasteiger charge is -2.17. The number of rotatable bonds is 7. The minimum Gasteiger partial charge on any atom is -0.496 e. The quantitative estimate of drug-likeness (QED) is 0.820. The van der Waals surface area contributed by atoms with Gasteiger partial charge >= 0.3 is 0 Å². The SMILES string of the molecule is COc1ccc(NC(=O)CN(C)Cc2ccncc2)cc1C(=O)N(C)C. The highest BCUT2D eigenvalue weighted by atomic mass is 16.5. The Balaban J connectivity index is 2.02. The lowest BCUT2D eigenvalue weighted by Crippen LogP contribution is -2.30. The highest BCUT2D eigenvalue weighted by molar-refractivity contribution is 5.99. The van der Waals surface area contributed by atoms with E-state index in [1.165, 1.54) is 12.0 Å². The molecule has 0 saturated heterocycles. The van der Waals surface area contributed by atoms with Crippen LogP contribution in [0.4, 0.5) is 5.69 Å². The first-order valence-corrected chi connectivity index (χ1v) is 8.17. The summed E-state index contributed by atoms with van der Waals surface area (Å²) in [5, 5.41) is 2.82. The van der Waals surface area contributed by atoms with Crippen LogP contribution in [0.25, 0.3) is 0 Å². The van der Waals surface area contributed by atoms with Gasteiger partial charge in [-0.15, -0.1) is 0 Å². The number of ether oxygens (including phenoxy) is 1. The normalized spacial score (nSPS) is 10.5. The first-order chi connectivity index (χ1) is 12.4. The predicted octanol–water partition coefficient (Wildman–Crippen LogP) is 1.86. The second-order valence-corrected chi connectivity index (χ2v) is 6.19. The van der Waals surface area contributed by atoms with Crippen LogP contribution in [-0.4, -0.2) is 61.4 Å². The summed E-state index contributed by atoms with van der Waals surface area (Å²) in [6.45, 7) is 0.869. The number of methoxy groups -OCH3 is 1. The van der Waals surface area contributed by atoms with Crippen molar-refractivity contribution in [1.82, 2.24) is 14.8 Å². The Bertz CT molecular complexity index is 763. The predicted molar refractivity (Wildman–Crippen MR) is 100 cm³/mol. The second kappa shape index (κ2) is 8.96. The van der Waals surface area contributed by atoms with Gasteiger partial charge < -0.3 is 15.0 Å². The van der Waals surface area contributed by atoms with Gasteiger partial charge in [0.15, 0.2) is 0 Å². The summed E-state index contributed by atoms with van der Waals surface area (Å²) in [5.74, 6) is 0.124. The lowest BCUT2D eigenvalue weighted by molar-refractivity contribution is -0.117. The van der Waals surface area contributed by atoms with E-state index >= 15 is 0 Å². The van der Waals surface area contributed by atoms with E-state index in [1.807, 2.05) is 24.1 Å². The molecule has 0 radical (unpaired) electrons. The van der Waals surface area contributed by atoms with Gasteiger partial charge in [0.25, 0.3) is 5.91 Å². The molecule has 1 aromatic carbocycles. The van der Waals surface area contributed by atoms with Crippen LogP contribution < -0.4 is 10.1 Å². The zero-order valence-electron chi connectivity index (χ0n) is 15.5. The molecule has 1 heterocycles. The maximum atomic E-state index is 12.3. The van der Waals surface area contributed by atoms with Crippen molar-refractivity contribution in [2.75, 3.05) is 40.1 Å². The van der Waals surface area contributed by atoms with Crippen LogP contribution in [0.2, 0.25) is 0 Å². The van der Waals surface area contributed by atoms with Crippen LogP contribution in [0.1, 0.15) is 15.9 Å². The first-order valence-electron chi connectivity index (χ1n) is 8.17. The maximum Gasteiger partial charge on any atom is 0.257 e. The van der Waals surface area contributed by atoms with Gasteiger partial charge in [-0.3, -0.25) is 19.5 Å². The molecule has 0 atom stereocenters. The molecule has 0 spiro atoms. The Morgan fingerprint density at radius 2 is 1.81 bits per heavy atom. The molecule has 0 unspecified atom stereocenters. The molecule has 0 bridgehead atoms. The number of pyridine rings is 1. The summed E-state index contributed by atoms with van der Waals surface area (Å²) in [5.41, 5.74) is 2.04. The number of carbonyl (C=O) groups is 2. The van der Waals surface area contributed by atoms with Crippen LogP contribution in [-0.2, 0) is 11.3 Å². The molecule has 2 aromatic rings. The topological polar surface area (TPSA) is 74.8 Å². The first kappa shape index (κ1) is 19.4. The number of aromatic nitrogens is 1. The molecule has 2 amide bonds. The number of hydrogen-bond acceptors (Lipinski definition) is 5. The van der Waals surface area contributed by atoms with E-state index < -0.39 is 0 Å². The summed E-state index contributed by atoms with van der Waals surface area (Å²) in [4.78, 5) is 31.9. The Morgan fingerprint density at radius 3 is 2.42 bits per heavy atom. The van der Waals surface area contributed by atoms with Crippen molar-refractivity contribution in [2.45, 2.75) is 6.54 Å².